The largest absolute Gasteiger partial charge is 0.454 e. The summed E-state index contributed by atoms with van der Waals surface area (Å²) in [5, 5.41) is 4.27. The van der Waals surface area contributed by atoms with Gasteiger partial charge in [-0.15, -0.1) is 0 Å². The van der Waals surface area contributed by atoms with Crippen LogP contribution in [0.25, 0.3) is 10.9 Å². The van der Waals surface area contributed by atoms with Crippen LogP contribution in [-0.4, -0.2) is 24.9 Å². The molecule has 1 fully saturated rings. The minimum atomic E-state index is -0.0949. The Bertz CT molecular complexity index is 1040. The Morgan fingerprint density at radius 3 is 2.52 bits per heavy atom. The molecule has 1 aromatic heterocycles. The highest BCUT2D eigenvalue weighted by Gasteiger charge is 2.15. The summed E-state index contributed by atoms with van der Waals surface area (Å²) in [4.78, 5) is 17.7. The van der Waals surface area contributed by atoms with Crippen molar-refractivity contribution in [3.05, 3.63) is 58.4 Å². The Kier molecular flexibility index (Phi) is 3.89. The number of benzene rings is 2. The molecule has 2 N–H and O–H groups in total. The number of nitrogens with one attached hydrogen (secondary N) is 2. The minimum Gasteiger partial charge on any atom is -0.454 e. The van der Waals surface area contributed by atoms with Crippen LogP contribution in [0, 0.1) is 0 Å². The zero-order valence-corrected chi connectivity index (χ0v) is 15.0. The van der Waals surface area contributed by atoms with Gasteiger partial charge >= 0.3 is 0 Å². The minimum absolute atomic E-state index is 0.0949. The van der Waals surface area contributed by atoms with Crippen LogP contribution in [-0.2, 0) is 6.54 Å². The second-order valence-electron chi connectivity index (χ2n) is 7.01. The molecular formula is C21H21N3O3. The molecule has 0 atom stereocenters. The zero-order valence-electron chi connectivity index (χ0n) is 15.0. The van der Waals surface area contributed by atoms with E-state index in [4.69, 9.17) is 9.47 Å². The van der Waals surface area contributed by atoms with E-state index >= 15 is 0 Å². The second-order valence-corrected chi connectivity index (χ2v) is 7.01. The van der Waals surface area contributed by atoms with E-state index in [1.54, 1.807) is 0 Å². The molecule has 2 aromatic carbocycles. The monoisotopic (exact) mass is 363 g/mol. The molecule has 5 rings (SSSR count). The first kappa shape index (κ1) is 16.1. The topological polar surface area (TPSA) is 66.6 Å². The molecule has 0 aliphatic carbocycles. The van der Waals surface area contributed by atoms with Crippen molar-refractivity contribution in [2.75, 3.05) is 30.1 Å². The first-order valence-electron chi connectivity index (χ1n) is 9.31. The molecule has 0 spiro atoms. The number of anilines is 2. The Labute approximate surface area is 156 Å². The lowest BCUT2D eigenvalue weighted by atomic mass is 10.1. The summed E-state index contributed by atoms with van der Waals surface area (Å²) in [5.41, 5.74) is 3.61. The molecule has 0 saturated carbocycles. The molecular weight excluding hydrogens is 342 g/mol. The second kappa shape index (κ2) is 6.54. The average Bonchev–Trinajstić information content (AvgIpc) is 3.37. The fraction of sp³-hybridized carbons (Fsp3) is 0.286. The highest BCUT2D eigenvalue weighted by Crippen LogP contribution is 2.35. The van der Waals surface area contributed by atoms with Crippen LogP contribution in [0.4, 0.5) is 11.4 Å². The van der Waals surface area contributed by atoms with Crippen molar-refractivity contribution in [2.45, 2.75) is 19.4 Å². The van der Waals surface area contributed by atoms with Gasteiger partial charge in [-0.05, 0) is 49.2 Å². The van der Waals surface area contributed by atoms with Crippen LogP contribution in [0.2, 0.25) is 0 Å². The number of hydrogen-bond acceptors (Lipinski definition) is 5. The number of nitrogens with zero attached hydrogens (tertiary/aromatic N) is 1. The predicted octanol–water partition coefficient (Wildman–Crippen LogP) is 3.47. The Morgan fingerprint density at radius 1 is 1.00 bits per heavy atom. The lowest BCUT2D eigenvalue weighted by molar-refractivity contribution is 0.174. The Hall–Kier alpha value is -3.15. The van der Waals surface area contributed by atoms with E-state index < -0.39 is 0 Å². The quantitative estimate of drug-likeness (QED) is 0.743. The van der Waals surface area contributed by atoms with Gasteiger partial charge in [0.1, 0.15) is 0 Å². The third-order valence-electron chi connectivity index (χ3n) is 5.24. The smallest absolute Gasteiger partial charge is 0.253 e. The summed E-state index contributed by atoms with van der Waals surface area (Å²) in [7, 11) is 0. The normalized spacial score (nSPS) is 15.5. The van der Waals surface area contributed by atoms with Crippen molar-refractivity contribution >= 4 is 22.3 Å². The molecule has 0 radical (unpaired) electrons. The van der Waals surface area contributed by atoms with E-state index in [0.717, 1.165) is 29.7 Å². The lowest BCUT2D eigenvalue weighted by Gasteiger charge is -2.18. The molecule has 1 saturated heterocycles. The van der Waals surface area contributed by atoms with Gasteiger partial charge in [0.2, 0.25) is 6.79 Å². The van der Waals surface area contributed by atoms with Crippen molar-refractivity contribution in [2.24, 2.45) is 0 Å². The van der Waals surface area contributed by atoms with E-state index in [1.165, 1.54) is 18.5 Å². The zero-order chi connectivity index (χ0) is 18.2. The number of aromatic amines is 1. The number of rotatable bonds is 4. The molecule has 2 aliphatic heterocycles. The molecule has 6 heteroatoms. The summed E-state index contributed by atoms with van der Waals surface area (Å²) in [6.45, 7) is 2.95. The maximum atomic E-state index is 12.4. The third-order valence-corrected chi connectivity index (χ3v) is 5.24. The standard InChI is InChI=1S/C21H21N3O3/c25-21-15(9-14-10-19-20(27-13-26-19)11-18(14)23-21)12-22-16-3-5-17(6-4-16)24-7-1-2-8-24/h3-6,9-11,22H,1-2,7-8,12-13H2,(H,23,25). The van der Waals surface area contributed by atoms with Crippen molar-refractivity contribution in [1.82, 2.24) is 4.98 Å². The first-order valence-corrected chi connectivity index (χ1v) is 9.31. The van der Waals surface area contributed by atoms with Gasteiger partial charge in [-0.2, -0.15) is 0 Å². The first-order chi connectivity index (χ1) is 13.3. The SMILES string of the molecule is O=c1[nH]c2cc3c(cc2cc1CNc1ccc(N2CCCC2)cc1)OCO3. The van der Waals surface area contributed by atoms with E-state index in [-0.39, 0.29) is 12.4 Å². The third kappa shape index (κ3) is 3.07. The summed E-state index contributed by atoms with van der Waals surface area (Å²) in [6.07, 6.45) is 2.54. The number of aromatic nitrogens is 1. The van der Waals surface area contributed by atoms with Gasteiger partial charge in [0.25, 0.3) is 5.56 Å². The predicted molar refractivity (Wildman–Crippen MR) is 106 cm³/mol. The fourth-order valence-corrected chi connectivity index (χ4v) is 3.74. The Balaban J connectivity index is 1.34. The number of hydrogen-bond donors (Lipinski definition) is 2. The molecule has 2 aliphatic rings. The van der Waals surface area contributed by atoms with Crippen molar-refractivity contribution < 1.29 is 9.47 Å². The van der Waals surface area contributed by atoms with E-state index in [9.17, 15) is 4.79 Å². The number of H-pyrrole nitrogens is 1. The average molecular weight is 363 g/mol. The van der Waals surface area contributed by atoms with Gasteiger partial charge in [0, 0.05) is 48.0 Å². The molecule has 27 heavy (non-hydrogen) atoms. The van der Waals surface area contributed by atoms with Gasteiger partial charge < -0.3 is 24.7 Å². The van der Waals surface area contributed by atoms with Gasteiger partial charge in [0.05, 0.1) is 5.52 Å². The van der Waals surface area contributed by atoms with E-state index in [0.29, 0.717) is 23.6 Å². The molecule has 6 nitrogen and oxygen atoms in total. The highest BCUT2D eigenvalue weighted by molar-refractivity contribution is 5.83. The van der Waals surface area contributed by atoms with Crippen LogP contribution in [0.5, 0.6) is 11.5 Å². The van der Waals surface area contributed by atoms with E-state index in [1.807, 2.05) is 18.2 Å². The maximum absolute atomic E-state index is 12.4. The summed E-state index contributed by atoms with van der Waals surface area (Å²) >= 11 is 0. The summed E-state index contributed by atoms with van der Waals surface area (Å²) in [6, 6.07) is 14.0. The molecule has 3 aromatic rings. The molecule has 0 unspecified atom stereocenters. The van der Waals surface area contributed by atoms with Gasteiger partial charge in [0.15, 0.2) is 11.5 Å². The summed E-state index contributed by atoms with van der Waals surface area (Å²) in [5.74, 6) is 1.38. The molecule has 0 amide bonds. The molecule has 0 bridgehead atoms. The van der Waals surface area contributed by atoms with Crippen LogP contribution in [0.15, 0.2) is 47.3 Å². The van der Waals surface area contributed by atoms with Crippen LogP contribution in [0.1, 0.15) is 18.4 Å². The maximum Gasteiger partial charge on any atom is 0.253 e. The molecule has 138 valence electrons. The number of fused-ring (bicyclic) bond motifs is 2. The fourth-order valence-electron chi connectivity index (χ4n) is 3.74. The van der Waals surface area contributed by atoms with Crippen molar-refractivity contribution in [1.29, 1.82) is 0 Å². The molecule has 3 heterocycles. The van der Waals surface area contributed by atoms with Crippen molar-refractivity contribution in [3.63, 3.8) is 0 Å². The van der Waals surface area contributed by atoms with Crippen molar-refractivity contribution in [3.8, 4) is 11.5 Å². The van der Waals surface area contributed by atoms with Crippen LogP contribution < -0.4 is 25.2 Å². The van der Waals surface area contributed by atoms with Crippen LogP contribution in [0.3, 0.4) is 0 Å². The summed E-state index contributed by atoms with van der Waals surface area (Å²) < 4.78 is 10.8. The van der Waals surface area contributed by atoms with Gasteiger partial charge in [-0.1, -0.05) is 0 Å². The van der Waals surface area contributed by atoms with Gasteiger partial charge in [-0.3, -0.25) is 4.79 Å². The van der Waals surface area contributed by atoms with Crippen LogP contribution >= 0.6 is 0 Å². The number of ether oxygens (including phenoxy) is 2. The number of pyridine rings is 1. The highest BCUT2D eigenvalue weighted by atomic mass is 16.7. The van der Waals surface area contributed by atoms with Gasteiger partial charge in [-0.25, -0.2) is 0 Å². The lowest BCUT2D eigenvalue weighted by Crippen LogP contribution is -2.17. The Morgan fingerprint density at radius 2 is 1.74 bits per heavy atom. The van der Waals surface area contributed by atoms with E-state index in [2.05, 4.69) is 39.5 Å².